The predicted octanol–water partition coefficient (Wildman–Crippen LogP) is 1.88. The molecular weight excluding hydrogens is 320 g/mol. The number of carbonyl (C=O) groups is 1. The summed E-state index contributed by atoms with van der Waals surface area (Å²) in [4.78, 5) is 14.9. The number of morpholine rings is 1. The number of hydrogen-bond donors (Lipinski definition) is 1. The summed E-state index contributed by atoms with van der Waals surface area (Å²) in [6.07, 6.45) is 2.38. The molecule has 6 nitrogen and oxygen atoms in total. The number of rotatable bonds is 8. The van der Waals surface area contributed by atoms with Crippen molar-refractivity contribution in [3.63, 3.8) is 0 Å². The van der Waals surface area contributed by atoms with Crippen LogP contribution in [0, 0.1) is 0 Å². The minimum Gasteiger partial charge on any atom is -0.493 e. The lowest BCUT2D eigenvalue weighted by Crippen LogP contribution is -2.46. The summed E-state index contributed by atoms with van der Waals surface area (Å²) in [5.41, 5.74) is 1.44. The van der Waals surface area contributed by atoms with Crippen molar-refractivity contribution in [2.45, 2.75) is 19.4 Å². The molecule has 0 bridgehead atoms. The molecule has 1 amide bonds. The number of ether oxygens (including phenoxy) is 3. The average Bonchev–Trinajstić information content (AvgIpc) is 2.61. The third-order valence-electron chi connectivity index (χ3n) is 4.20. The SMILES string of the molecule is C=CCc1cc(C(=O)NC(C)CN2CCOCC2)cc(OC)c1OC. The summed E-state index contributed by atoms with van der Waals surface area (Å²) in [7, 11) is 3.16. The molecule has 1 unspecified atom stereocenters. The molecule has 1 aromatic rings. The van der Waals surface area contributed by atoms with Crippen LogP contribution in [-0.2, 0) is 11.2 Å². The van der Waals surface area contributed by atoms with E-state index in [1.54, 1.807) is 26.4 Å². The van der Waals surface area contributed by atoms with Gasteiger partial charge in [-0.05, 0) is 25.5 Å². The maximum Gasteiger partial charge on any atom is 0.251 e. The molecule has 138 valence electrons. The Morgan fingerprint density at radius 2 is 2.08 bits per heavy atom. The molecular formula is C19H28N2O4. The van der Waals surface area contributed by atoms with E-state index in [2.05, 4.69) is 16.8 Å². The maximum absolute atomic E-state index is 12.6. The summed E-state index contributed by atoms with van der Waals surface area (Å²) in [6.45, 7) is 9.89. The summed E-state index contributed by atoms with van der Waals surface area (Å²) in [5.74, 6) is 1.07. The van der Waals surface area contributed by atoms with Crippen molar-refractivity contribution in [2.75, 3.05) is 47.1 Å². The van der Waals surface area contributed by atoms with Crippen LogP contribution < -0.4 is 14.8 Å². The Morgan fingerprint density at radius 1 is 1.36 bits per heavy atom. The van der Waals surface area contributed by atoms with Gasteiger partial charge < -0.3 is 19.5 Å². The van der Waals surface area contributed by atoms with Gasteiger partial charge in [0.2, 0.25) is 0 Å². The van der Waals surface area contributed by atoms with Crippen LogP contribution in [0.4, 0.5) is 0 Å². The smallest absolute Gasteiger partial charge is 0.251 e. The Hall–Kier alpha value is -2.05. The van der Waals surface area contributed by atoms with Crippen LogP contribution >= 0.6 is 0 Å². The number of allylic oxidation sites excluding steroid dienone is 1. The van der Waals surface area contributed by atoms with Crippen molar-refractivity contribution < 1.29 is 19.0 Å². The second kappa shape index (κ2) is 9.44. The summed E-state index contributed by atoms with van der Waals surface area (Å²) < 4.78 is 16.1. The Balaban J connectivity index is 2.09. The normalized spacial score (nSPS) is 16.1. The van der Waals surface area contributed by atoms with E-state index < -0.39 is 0 Å². The third kappa shape index (κ3) is 5.21. The molecule has 0 aliphatic carbocycles. The molecule has 0 aromatic heterocycles. The topological polar surface area (TPSA) is 60.0 Å². The second-order valence-electron chi connectivity index (χ2n) is 6.15. The minimum absolute atomic E-state index is 0.0431. The Morgan fingerprint density at radius 3 is 2.68 bits per heavy atom. The van der Waals surface area contributed by atoms with Crippen molar-refractivity contribution in [1.82, 2.24) is 10.2 Å². The van der Waals surface area contributed by atoms with E-state index in [9.17, 15) is 4.79 Å². The lowest BCUT2D eigenvalue weighted by molar-refractivity contribution is 0.0342. The fourth-order valence-corrected chi connectivity index (χ4v) is 3.01. The summed E-state index contributed by atoms with van der Waals surface area (Å²) >= 11 is 0. The van der Waals surface area contributed by atoms with Gasteiger partial charge in [-0.2, -0.15) is 0 Å². The number of nitrogens with zero attached hydrogens (tertiary/aromatic N) is 1. The quantitative estimate of drug-likeness (QED) is 0.727. The Bertz CT molecular complexity index is 597. The molecule has 1 heterocycles. The molecule has 1 aliphatic rings. The number of hydrogen-bond acceptors (Lipinski definition) is 5. The van der Waals surface area contributed by atoms with Gasteiger partial charge in [0.05, 0.1) is 27.4 Å². The van der Waals surface area contributed by atoms with Crippen LogP contribution in [0.15, 0.2) is 24.8 Å². The first-order valence-electron chi connectivity index (χ1n) is 8.55. The zero-order chi connectivity index (χ0) is 18.2. The highest BCUT2D eigenvalue weighted by molar-refractivity contribution is 5.95. The van der Waals surface area contributed by atoms with E-state index in [4.69, 9.17) is 14.2 Å². The first kappa shape index (κ1) is 19.3. The number of nitrogens with one attached hydrogen (secondary N) is 1. The fourth-order valence-electron chi connectivity index (χ4n) is 3.01. The van der Waals surface area contributed by atoms with Gasteiger partial charge in [0.25, 0.3) is 5.91 Å². The monoisotopic (exact) mass is 348 g/mol. The van der Waals surface area contributed by atoms with E-state index in [0.29, 0.717) is 23.5 Å². The van der Waals surface area contributed by atoms with Crippen LogP contribution in [0.25, 0.3) is 0 Å². The van der Waals surface area contributed by atoms with Gasteiger partial charge in [0.15, 0.2) is 11.5 Å². The molecule has 1 aromatic carbocycles. The molecule has 1 aliphatic heterocycles. The largest absolute Gasteiger partial charge is 0.493 e. The van der Waals surface area contributed by atoms with Gasteiger partial charge in [0, 0.05) is 36.8 Å². The van der Waals surface area contributed by atoms with E-state index in [1.807, 2.05) is 13.0 Å². The van der Waals surface area contributed by atoms with Crippen LogP contribution in [-0.4, -0.2) is 63.9 Å². The zero-order valence-corrected chi connectivity index (χ0v) is 15.3. The van der Waals surface area contributed by atoms with Crippen LogP contribution in [0.2, 0.25) is 0 Å². The minimum atomic E-state index is -0.118. The molecule has 1 N–H and O–H groups in total. The van der Waals surface area contributed by atoms with Crippen LogP contribution in [0.5, 0.6) is 11.5 Å². The second-order valence-corrected chi connectivity index (χ2v) is 6.15. The van der Waals surface area contributed by atoms with Crippen molar-refractivity contribution >= 4 is 5.91 Å². The van der Waals surface area contributed by atoms with Gasteiger partial charge in [-0.25, -0.2) is 0 Å². The highest BCUT2D eigenvalue weighted by Gasteiger charge is 2.19. The molecule has 1 saturated heterocycles. The highest BCUT2D eigenvalue weighted by atomic mass is 16.5. The number of methoxy groups -OCH3 is 2. The molecule has 1 fully saturated rings. The standard InChI is InChI=1S/C19H28N2O4/c1-5-6-15-11-16(12-17(23-3)18(15)24-4)19(22)20-14(2)13-21-7-9-25-10-8-21/h5,11-12,14H,1,6-10,13H2,2-4H3,(H,20,22). The predicted molar refractivity (Wildman–Crippen MR) is 97.6 cm³/mol. The van der Waals surface area contributed by atoms with E-state index >= 15 is 0 Å². The highest BCUT2D eigenvalue weighted by Crippen LogP contribution is 2.33. The first-order chi connectivity index (χ1) is 12.1. The van der Waals surface area contributed by atoms with Gasteiger partial charge in [0.1, 0.15) is 0 Å². The Labute approximate surface area is 149 Å². The van der Waals surface area contributed by atoms with Gasteiger partial charge in [-0.3, -0.25) is 9.69 Å². The van der Waals surface area contributed by atoms with Crippen molar-refractivity contribution in [3.8, 4) is 11.5 Å². The lowest BCUT2D eigenvalue weighted by atomic mass is 10.0. The van der Waals surface area contributed by atoms with Crippen LogP contribution in [0.1, 0.15) is 22.8 Å². The first-order valence-corrected chi connectivity index (χ1v) is 8.55. The number of carbonyl (C=O) groups excluding carboxylic acids is 1. The zero-order valence-electron chi connectivity index (χ0n) is 15.3. The van der Waals surface area contributed by atoms with E-state index in [1.165, 1.54) is 0 Å². The molecule has 25 heavy (non-hydrogen) atoms. The van der Waals surface area contributed by atoms with Gasteiger partial charge in [-0.15, -0.1) is 6.58 Å². The van der Waals surface area contributed by atoms with Crippen LogP contribution in [0.3, 0.4) is 0 Å². The van der Waals surface area contributed by atoms with E-state index in [-0.39, 0.29) is 11.9 Å². The van der Waals surface area contributed by atoms with Crippen molar-refractivity contribution in [1.29, 1.82) is 0 Å². The summed E-state index contributed by atoms with van der Waals surface area (Å²) in [5, 5.41) is 3.06. The van der Waals surface area contributed by atoms with Gasteiger partial charge >= 0.3 is 0 Å². The molecule has 0 spiro atoms. The van der Waals surface area contributed by atoms with Crippen molar-refractivity contribution in [3.05, 3.63) is 35.9 Å². The number of benzene rings is 1. The lowest BCUT2D eigenvalue weighted by Gasteiger charge is -2.29. The molecule has 0 radical (unpaired) electrons. The summed E-state index contributed by atoms with van der Waals surface area (Å²) in [6, 6.07) is 3.59. The molecule has 0 saturated carbocycles. The molecule has 1 atom stereocenters. The average molecular weight is 348 g/mol. The third-order valence-corrected chi connectivity index (χ3v) is 4.20. The maximum atomic E-state index is 12.6. The van der Waals surface area contributed by atoms with Crippen molar-refractivity contribution in [2.24, 2.45) is 0 Å². The Kier molecular flexibility index (Phi) is 7.28. The molecule has 6 heteroatoms. The fraction of sp³-hybridized carbons (Fsp3) is 0.526. The number of amides is 1. The van der Waals surface area contributed by atoms with E-state index in [0.717, 1.165) is 38.4 Å². The van der Waals surface area contributed by atoms with Gasteiger partial charge in [-0.1, -0.05) is 6.08 Å². The molecule has 2 rings (SSSR count).